The van der Waals surface area contributed by atoms with E-state index in [9.17, 15) is 18.0 Å². The lowest BCUT2D eigenvalue weighted by molar-refractivity contribution is -0.121. The third kappa shape index (κ3) is 3.36. The molecule has 0 atom stereocenters. The number of likely N-dealkylation sites (N-methyl/N-ethyl adjacent to an activating group) is 2. The zero-order chi connectivity index (χ0) is 15.5. The standard InChI is InChI=1S/C11H16N2O6S/c1-4-12-10(14)6-13(3)20(17,18)9-5-8(11(15)16)19-7(9)2/h5H,4,6H2,1-3H3,(H,12,14)(H,15,16). The van der Waals surface area contributed by atoms with Crippen LogP contribution in [0.4, 0.5) is 0 Å². The maximum absolute atomic E-state index is 12.2. The SMILES string of the molecule is CCNC(=O)CN(C)S(=O)(=O)c1cc(C(=O)O)oc1C. The van der Waals surface area contributed by atoms with Crippen LogP contribution in [0.5, 0.6) is 0 Å². The first-order valence-electron chi connectivity index (χ1n) is 5.77. The van der Waals surface area contributed by atoms with Gasteiger partial charge in [0.15, 0.2) is 0 Å². The normalized spacial score (nSPS) is 11.6. The highest BCUT2D eigenvalue weighted by molar-refractivity contribution is 7.89. The Labute approximate surface area is 116 Å². The van der Waals surface area contributed by atoms with E-state index >= 15 is 0 Å². The molecule has 0 saturated carbocycles. The topological polar surface area (TPSA) is 117 Å². The Morgan fingerprint density at radius 1 is 1.45 bits per heavy atom. The van der Waals surface area contributed by atoms with E-state index < -0.39 is 27.7 Å². The Bertz CT molecular complexity index is 619. The lowest BCUT2D eigenvalue weighted by atomic mass is 10.4. The summed E-state index contributed by atoms with van der Waals surface area (Å²) in [6.07, 6.45) is 0. The summed E-state index contributed by atoms with van der Waals surface area (Å²) in [5.74, 6) is -2.31. The molecule has 1 amide bonds. The number of nitrogens with one attached hydrogen (secondary N) is 1. The van der Waals surface area contributed by atoms with Gasteiger partial charge in [0.25, 0.3) is 0 Å². The molecule has 0 aliphatic carbocycles. The molecule has 0 aliphatic heterocycles. The van der Waals surface area contributed by atoms with Crippen LogP contribution in [0, 0.1) is 6.92 Å². The van der Waals surface area contributed by atoms with Gasteiger partial charge < -0.3 is 14.8 Å². The number of aromatic carboxylic acids is 1. The Kier molecular flexibility index (Phi) is 4.90. The number of carbonyl (C=O) groups is 2. The molecule has 112 valence electrons. The Hall–Kier alpha value is -1.87. The van der Waals surface area contributed by atoms with Crippen molar-refractivity contribution in [1.82, 2.24) is 9.62 Å². The Morgan fingerprint density at radius 3 is 2.50 bits per heavy atom. The number of aryl methyl sites for hydroxylation is 1. The smallest absolute Gasteiger partial charge is 0.371 e. The second kappa shape index (κ2) is 6.06. The average Bonchev–Trinajstić information content (AvgIpc) is 2.72. The minimum Gasteiger partial charge on any atom is -0.475 e. The summed E-state index contributed by atoms with van der Waals surface area (Å²) >= 11 is 0. The maximum atomic E-state index is 12.2. The number of hydrogen-bond donors (Lipinski definition) is 2. The van der Waals surface area contributed by atoms with Crippen LogP contribution in [0.25, 0.3) is 0 Å². The van der Waals surface area contributed by atoms with E-state index in [1.807, 2.05) is 0 Å². The van der Waals surface area contributed by atoms with Crippen molar-refractivity contribution in [2.24, 2.45) is 0 Å². The Balaban J connectivity index is 3.04. The predicted octanol–water partition coefficient (Wildman–Crippen LogP) is 0.0428. The third-order valence-electron chi connectivity index (χ3n) is 2.51. The molecule has 0 saturated heterocycles. The van der Waals surface area contributed by atoms with Crippen LogP contribution in [0.3, 0.4) is 0 Å². The molecule has 0 bridgehead atoms. The number of rotatable bonds is 6. The van der Waals surface area contributed by atoms with Gasteiger partial charge in [0, 0.05) is 19.7 Å². The van der Waals surface area contributed by atoms with Crippen LogP contribution in [0.1, 0.15) is 23.2 Å². The molecule has 1 aromatic heterocycles. The third-order valence-corrected chi connectivity index (χ3v) is 4.42. The van der Waals surface area contributed by atoms with E-state index in [1.165, 1.54) is 14.0 Å². The van der Waals surface area contributed by atoms with E-state index in [4.69, 9.17) is 9.52 Å². The molecular weight excluding hydrogens is 288 g/mol. The summed E-state index contributed by atoms with van der Waals surface area (Å²) in [6.45, 7) is 3.09. The van der Waals surface area contributed by atoms with Crippen molar-refractivity contribution in [3.63, 3.8) is 0 Å². The fourth-order valence-electron chi connectivity index (χ4n) is 1.54. The van der Waals surface area contributed by atoms with Gasteiger partial charge in [-0.15, -0.1) is 0 Å². The van der Waals surface area contributed by atoms with Gasteiger partial charge in [0.2, 0.25) is 21.7 Å². The molecule has 1 rings (SSSR count). The lowest BCUT2D eigenvalue weighted by Crippen LogP contribution is -2.38. The van der Waals surface area contributed by atoms with Crippen LogP contribution in [0.2, 0.25) is 0 Å². The molecule has 0 spiro atoms. The molecule has 1 aromatic rings. The van der Waals surface area contributed by atoms with Crippen molar-refractivity contribution < 1.29 is 27.5 Å². The lowest BCUT2D eigenvalue weighted by Gasteiger charge is -2.15. The van der Waals surface area contributed by atoms with E-state index in [0.29, 0.717) is 6.54 Å². The number of hydrogen-bond acceptors (Lipinski definition) is 5. The highest BCUT2D eigenvalue weighted by atomic mass is 32.2. The highest BCUT2D eigenvalue weighted by Gasteiger charge is 2.28. The van der Waals surface area contributed by atoms with Crippen LogP contribution < -0.4 is 5.32 Å². The van der Waals surface area contributed by atoms with Gasteiger partial charge in [0.05, 0.1) is 6.54 Å². The van der Waals surface area contributed by atoms with Gasteiger partial charge >= 0.3 is 5.97 Å². The number of carboxylic acids is 1. The van der Waals surface area contributed by atoms with E-state index in [-0.39, 0.29) is 17.2 Å². The first-order chi connectivity index (χ1) is 9.20. The van der Waals surface area contributed by atoms with E-state index in [0.717, 1.165) is 10.4 Å². The molecule has 0 radical (unpaired) electrons. The van der Waals surface area contributed by atoms with Crippen LogP contribution in [-0.4, -0.2) is 49.8 Å². The van der Waals surface area contributed by atoms with Crippen molar-refractivity contribution in [3.8, 4) is 0 Å². The molecule has 9 heteroatoms. The van der Waals surface area contributed by atoms with Crippen molar-refractivity contribution in [3.05, 3.63) is 17.6 Å². The molecule has 1 heterocycles. The van der Waals surface area contributed by atoms with Gasteiger partial charge in [0.1, 0.15) is 10.7 Å². The second-order valence-corrected chi connectivity index (χ2v) is 6.06. The maximum Gasteiger partial charge on any atom is 0.371 e. The summed E-state index contributed by atoms with van der Waals surface area (Å²) < 4.78 is 30.1. The fourth-order valence-corrected chi connectivity index (χ4v) is 2.82. The number of sulfonamides is 1. The minimum atomic E-state index is -3.98. The van der Waals surface area contributed by atoms with Crippen molar-refractivity contribution in [1.29, 1.82) is 0 Å². The van der Waals surface area contributed by atoms with Crippen LogP contribution in [0.15, 0.2) is 15.4 Å². The number of carboxylic acid groups (broad SMARTS) is 1. The molecule has 2 N–H and O–H groups in total. The number of carbonyl (C=O) groups excluding carboxylic acids is 1. The predicted molar refractivity (Wildman–Crippen MR) is 68.9 cm³/mol. The molecule has 0 fully saturated rings. The van der Waals surface area contributed by atoms with Gasteiger partial charge in [-0.25, -0.2) is 13.2 Å². The zero-order valence-electron chi connectivity index (χ0n) is 11.3. The molecule has 20 heavy (non-hydrogen) atoms. The minimum absolute atomic E-state index is 0.0369. The average molecular weight is 304 g/mol. The zero-order valence-corrected chi connectivity index (χ0v) is 12.2. The molecular formula is C11H16N2O6S. The molecule has 0 aliphatic rings. The second-order valence-electron chi connectivity index (χ2n) is 4.05. The number of amides is 1. The largest absolute Gasteiger partial charge is 0.475 e. The van der Waals surface area contributed by atoms with Gasteiger partial charge in [-0.1, -0.05) is 0 Å². The number of nitrogens with zero attached hydrogens (tertiary/aromatic N) is 1. The molecule has 0 aromatic carbocycles. The van der Waals surface area contributed by atoms with E-state index in [2.05, 4.69) is 5.32 Å². The first kappa shape index (κ1) is 16.2. The van der Waals surface area contributed by atoms with Crippen molar-refractivity contribution in [2.45, 2.75) is 18.7 Å². The van der Waals surface area contributed by atoms with Crippen LogP contribution >= 0.6 is 0 Å². The highest BCUT2D eigenvalue weighted by Crippen LogP contribution is 2.22. The summed E-state index contributed by atoms with van der Waals surface area (Å²) in [4.78, 5) is 21.9. The monoisotopic (exact) mass is 304 g/mol. The summed E-state index contributed by atoms with van der Waals surface area (Å²) in [7, 11) is -2.75. The first-order valence-corrected chi connectivity index (χ1v) is 7.21. The quantitative estimate of drug-likeness (QED) is 0.766. The summed E-state index contributed by atoms with van der Waals surface area (Å²) in [5, 5.41) is 11.3. The summed E-state index contributed by atoms with van der Waals surface area (Å²) in [6, 6.07) is 0.932. The molecule has 0 unspecified atom stereocenters. The van der Waals surface area contributed by atoms with Gasteiger partial charge in [-0.05, 0) is 13.8 Å². The van der Waals surface area contributed by atoms with Crippen LogP contribution in [-0.2, 0) is 14.8 Å². The van der Waals surface area contributed by atoms with Crippen molar-refractivity contribution in [2.75, 3.05) is 20.1 Å². The Morgan fingerprint density at radius 2 is 2.05 bits per heavy atom. The van der Waals surface area contributed by atoms with Gasteiger partial charge in [-0.3, -0.25) is 4.79 Å². The van der Waals surface area contributed by atoms with Crippen molar-refractivity contribution >= 4 is 21.9 Å². The van der Waals surface area contributed by atoms with E-state index in [1.54, 1.807) is 6.92 Å². The summed E-state index contributed by atoms with van der Waals surface area (Å²) in [5.41, 5.74) is 0. The van der Waals surface area contributed by atoms with Gasteiger partial charge in [-0.2, -0.15) is 4.31 Å². The number of furan rings is 1. The fraction of sp³-hybridized carbons (Fsp3) is 0.455. The molecule has 8 nitrogen and oxygen atoms in total.